The molecule has 5 heteroatoms. The average molecular weight is 912 g/mol. The highest BCUT2D eigenvalue weighted by atomic mass is 15.1. The summed E-state index contributed by atoms with van der Waals surface area (Å²) in [4.78, 5) is 6.17. The largest absolute Gasteiger partial charge is 0.293 e. The molecule has 346 valence electrons. The van der Waals surface area contributed by atoms with Gasteiger partial charge in [0.25, 0.3) is 0 Å². The summed E-state index contributed by atoms with van der Waals surface area (Å²) in [5.74, 6) is 1.52. The summed E-state index contributed by atoms with van der Waals surface area (Å²) in [5, 5.41) is 25.6. The van der Waals surface area contributed by atoms with E-state index in [-0.39, 0.29) is 21.7 Å². The van der Waals surface area contributed by atoms with Crippen molar-refractivity contribution in [2.45, 2.75) is 105 Å². The maximum absolute atomic E-state index is 10.7. The minimum atomic E-state index is -0.0837. The normalized spacial score (nSPS) is 12.5. The Morgan fingerprint density at radius 3 is 0.971 bits per heavy atom. The molecule has 7 aromatic carbocycles. The van der Waals surface area contributed by atoms with E-state index in [0.29, 0.717) is 11.1 Å². The number of pyridine rings is 1. The molecule has 5 nitrogen and oxygen atoms in total. The average Bonchev–Trinajstić information content (AvgIpc) is 3.84. The van der Waals surface area contributed by atoms with Gasteiger partial charge in [0.15, 0.2) is 0 Å². The Bertz CT molecular complexity index is 3450. The standard InChI is InChI=1S/C65H61N5/c1-62(2,3)45-25-29-53-49(34-45)50-35-46(63(4,5)6)26-30-54(50)69(53)60-58(40-19-15-13-16-20-40)57(42-23-24-43(38-66)44(33-42)39-67)59(41-21-17-14-18-22-41)61(68-60)70-55-31-27-47(64(7,8)9)36-51(55)52-37-48(65(10,11)12)28-32-56(52)70/h13-37H,1-12H3. The lowest BCUT2D eigenvalue weighted by Crippen LogP contribution is -2.12. The Kier molecular flexibility index (Phi) is 10.8. The second-order valence-corrected chi connectivity index (χ2v) is 23.2. The van der Waals surface area contributed by atoms with Crippen molar-refractivity contribution in [3.63, 3.8) is 0 Å². The molecule has 0 radical (unpaired) electrons. The van der Waals surface area contributed by atoms with Gasteiger partial charge in [-0.2, -0.15) is 10.5 Å². The number of nitrogens with zero attached hydrogens (tertiary/aromatic N) is 5. The van der Waals surface area contributed by atoms with E-state index in [4.69, 9.17) is 4.98 Å². The highest BCUT2D eigenvalue weighted by Crippen LogP contribution is 2.50. The predicted molar refractivity (Wildman–Crippen MR) is 293 cm³/mol. The number of nitriles is 2. The van der Waals surface area contributed by atoms with Gasteiger partial charge in [-0.15, -0.1) is 0 Å². The van der Waals surface area contributed by atoms with Crippen LogP contribution in [-0.2, 0) is 21.7 Å². The van der Waals surface area contributed by atoms with Gasteiger partial charge in [0.05, 0.1) is 33.2 Å². The Balaban J connectivity index is 1.50. The molecule has 0 aliphatic carbocycles. The minimum absolute atomic E-state index is 0.0837. The number of rotatable bonds is 5. The van der Waals surface area contributed by atoms with Gasteiger partial charge in [-0.3, -0.25) is 9.13 Å². The quantitative estimate of drug-likeness (QED) is 0.173. The zero-order valence-electron chi connectivity index (χ0n) is 42.7. The smallest absolute Gasteiger partial charge is 0.148 e. The summed E-state index contributed by atoms with van der Waals surface area (Å²) in [6, 6.07) is 59.2. The molecular formula is C65H61N5. The lowest BCUT2D eigenvalue weighted by molar-refractivity contribution is 0.590. The third-order valence-electron chi connectivity index (χ3n) is 14.3. The zero-order chi connectivity index (χ0) is 49.7. The van der Waals surface area contributed by atoms with E-state index in [2.05, 4.69) is 238 Å². The van der Waals surface area contributed by atoms with E-state index < -0.39 is 0 Å². The van der Waals surface area contributed by atoms with Crippen molar-refractivity contribution in [3.8, 4) is 57.2 Å². The van der Waals surface area contributed by atoms with Crippen molar-refractivity contribution in [3.05, 3.63) is 185 Å². The summed E-state index contributed by atoms with van der Waals surface area (Å²) in [6.45, 7) is 27.3. The van der Waals surface area contributed by atoms with E-state index in [1.165, 1.54) is 22.3 Å². The van der Waals surface area contributed by atoms with Gasteiger partial charge in [0.1, 0.15) is 23.8 Å². The van der Waals surface area contributed by atoms with Crippen LogP contribution < -0.4 is 0 Å². The van der Waals surface area contributed by atoms with Crippen molar-refractivity contribution in [1.29, 1.82) is 10.5 Å². The van der Waals surface area contributed by atoms with Crippen molar-refractivity contribution >= 4 is 43.6 Å². The number of hydrogen-bond acceptors (Lipinski definition) is 3. The van der Waals surface area contributed by atoms with Gasteiger partial charge < -0.3 is 0 Å². The third-order valence-corrected chi connectivity index (χ3v) is 14.3. The molecule has 0 saturated carbocycles. The third kappa shape index (κ3) is 7.75. The summed E-state index contributed by atoms with van der Waals surface area (Å²) >= 11 is 0. The first-order valence-corrected chi connectivity index (χ1v) is 24.5. The highest BCUT2D eigenvalue weighted by Gasteiger charge is 2.31. The predicted octanol–water partition coefficient (Wildman–Crippen LogP) is 17.2. The fraction of sp³-hybridized carbons (Fsp3) is 0.246. The van der Waals surface area contributed by atoms with E-state index in [1.807, 2.05) is 12.1 Å². The molecule has 0 atom stereocenters. The maximum atomic E-state index is 10.7. The Hall–Kier alpha value is -7.73. The van der Waals surface area contributed by atoms with Gasteiger partial charge in [-0.1, -0.05) is 174 Å². The monoisotopic (exact) mass is 911 g/mol. The molecule has 10 aromatic rings. The molecule has 0 spiro atoms. The van der Waals surface area contributed by atoms with E-state index >= 15 is 0 Å². The fourth-order valence-corrected chi connectivity index (χ4v) is 10.2. The summed E-state index contributed by atoms with van der Waals surface area (Å²) < 4.78 is 4.76. The van der Waals surface area contributed by atoms with Crippen LogP contribution >= 0.6 is 0 Å². The van der Waals surface area contributed by atoms with Crippen molar-refractivity contribution in [2.24, 2.45) is 0 Å². The van der Waals surface area contributed by atoms with Gasteiger partial charge in [0.2, 0.25) is 0 Å². The van der Waals surface area contributed by atoms with Crippen molar-refractivity contribution in [1.82, 2.24) is 14.1 Å². The molecule has 0 N–H and O–H groups in total. The van der Waals surface area contributed by atoms with Crippen LogP contribution in [0.1, 0.15) is 116 Å². The van der Waals surface area contributed by atoms with Gasteiger partial charge in [-0.25, -0.2) is 4.98 Å². The first kappa shape index (κ1) is 46.0. The maximum Gasteiger partial charge on any atom is 0.148 e. The molecule has 3 aromatic heterocycles. The van der Waals surface area contributed by atoms with Gasteiger partial charge in [-0.05, 0) is 121 Å². The first-order valence-electron chi connectivity index (χ1n) is 24.5. The molecule has 0 bridgehead atoms. The SMILES string of the molecule is CC(C)(C)c1ccc2c(c1)c1cc(C(C)(C)C)ccc1n2-c1nc(-n2c3ccc(C(C)(C)C)cc3c3cc(C(C)(C)C)ccc32)c(-c2ccccc2)c(-c2ccc(C#N)c(C#N)c2)c1-c1ccccc1. The van der Waals surface area contributed by atoms with Crippen LogP contribution in [0.2, 0.25) is 0 Å². The topological polar surface area (TPSA) is 70.3 Å². The van der Waals surface area contributed by atoms with Crippen LogP contribution in [0.25, 0.3) is 88.6 Å². The Labute approximate surface area is 413 Å². The lowest BCUT2D eigenvalue weighted by atomic mass is 9.85. The van der Waals surface area contributed by atoms with E-state index in [1.54, 1.807) is 6.07 Å². The Morgan fingerprint density at radius 1 is 0.343 bits per heavy atom. The molecule has 0 amide bonds. The van der Waals surface area contributed by atoms with Crippen LogP contribution in [0.4, 0.5) is 0 Å². The fourth-order valence-electron chi connectivity index (χ4n) is 10.2. The molecule has 0 fully saturated rings. The summed E-state index contributed by atoms with van der Waals surface area (Å²) in [5.41, 5.74) is 15.1. The van der Waals surface area contributed by atoms with Crippen LogP contribution in [-0.4, -0.2) is 14.1 Å². The van der Waals surface area contributed by atoms with Crippen molar-refractivity contribution < 1.29 is 0 Å². The molecule has 10 rings (SSSR count). The minimum Gasteiger partial charge on any atom is -0.293 e. The van der Waals surface area contributed by atoms with Crippen LogP contribution in [0.3, 0.4) is 0 Å². The molecule has 70 heavy (non-hydrogen) atoms. The highest BCUT2D eigenvalue weighted by molar-refractivity contribution is 6.13. The van der Waals surface area contributed by atoms with Crippen LogP contribution in [0.5, 0.6) is 0 Å². The number of benzene rings is 7. The second-order valence-electron chi connectivity index (χ2n) is 23.2. The molecular weight excluding hydrogens is 851 g/mol. The number of hydrogen-bond donors (Lipinski definition) is 0. The molecule has 0 unspecified atom stereocenters. The number of aromatic nitrogens is 3. The van der Waals surface area contributed by atoms with Gasteiger partial charge in [0, 0.05) is 38.2 Å². The zero-order valence-corrected chi connectivity index (χ0v) is 42.7. The van der Waals surface area contributed by atoms with E-state index in [9.17, 15) is 10.5 Å². The van der Waals surface area contributed by atoms with E-state index in [0.717, 1.165) is 88.6 Å². The second kappa shape index (κ2) is 16.5. The van der Waals surface area contributed by atoms with Crippen LogP contribution in [0.15, 0.2) is 152 Å². The summed E-state index contributed by atoms with van der Waals surface area (Å²) in [7, 11) is 0. The number of fused-ring (bicyclic) bond motifs is 6. The molecule has 3 heterocycles. The first-order chi connectivity index (χ1) is 33.2. The lowest BCUT2D eigenvalue weighted by Gasteiger charge is -2.25. The van der Waals surface area contributed by atoms with Gasteiger partial charge >= 0.3 is 0 Å². The molecule has 0 aliphatic rings. The molecule has 0 aliphatic heterocycles. The van der Waals surface area contributed by atoms with Crippen molar-refractivity contribution in [2.75, 3.05) is 0 Å². The molecule has 0 saturated heterocycles. The summed E-state index contributed by atoms with van der Waals surface area (Å²) in [6.07, 6.45) is 0. The Morgan fingerprint density at radius 2 is 0.671 bits per heavy atom. The van der Waals surface area contributed by atoms with Crippen LogP contribution in [0, 0.1) is 22.7 Å².